The van der Waals surface area contributed by atoms with Gasteiger partial charge >= 0.3 is 0 Å². The number of hydrogen-bond donors (Lipinski definition) is 1. The van der Waals surface area contributed by atoms with E-state index in [1.54, 1.807) is 0 Å². The topological polar surface area (TPSA) is 77.2 Å². The molecule has 0 atom stereocenters. The molecular formula is C24H39N5O. The first-order valence-corrected chi connectivity index (χ1v) is 11.5. The lowest BCUT2D eigenvalue weighted by atomic mass is 10.0. The number of aryl methyl sites for hydroxylation is 1. The van der Waals surface area contributed by atoms with E-state index in [1.165, 1.54) is 0 Å². The Kier molecular flexibility index (Phi) is 9.03. The molecule has 2 rings (SSSR count). The lowest BCUT2D eigenvalue weighted by Gasteiger charge is -2.25. The second-order valence-corrected chi connectivity index (χ2v) is 7.82. The first-order chi connectivity index (χ1) is 14.4. The normalized spacial score (nSPS) is 11.4. The number of nitrogens with two attached hydrogens (primary N) is 1. The molecule has 0 amide bonds. The van der Waals surface area contributed by atoms with Gasteiger partial charge < -0.3 is 15.4 Å². The third kappa shape index (κ3) is 5.28. The van der Waals surface area contributed by atoms with Gasteiger partial charge in [-0.3, -0.25) is 0 Å². The van der Waals surface area contributed by atoms with Gasteiger partial charge in [0.1, 0.15) is 11.5 Å². The van der Waals surface area contributed by atoms with Gasteiger partial charge in [-0.05, 0) is 51.2 Å². The van der Waals surface area contributed by atoms with Crippen molar-refractivity contribution in [3.05, 3.63) is 29.2 Å². The molecule has 0 radical (unpaired) electrons. The molecule has 30 heavy (non-hydrogen) atoms. The predicted molar refractivity (Wildman–Crippen MR) is 125 cm³/mol. The number of nitrogens with zero attached hydrogens (tertiary/aromatic N) is 4. The van der Waals surface area contributed by atoms with E-state index >= 15 is 0 Å². The molecule has 2 aromatic rings. The minimum atomic E-state index is 0.124. The van der Waals surface area contributed by atoms with Gasteiger partial charge in [0.05, 0.1) is 17.5 Å². The highest BCUT2D eigenvalue weighted by molar-refractivity contribution is 5.75. The molecule has 166 valence electrons. The summed E-state index contributed by atoms with van der Waals surface area (Å²) >= 11 is 0. The fourth-order valence-electron chi connectivity index (χ4n) is 3.52. The van der Waals surface area contributed by atoms with Gasteiger partial charge in [0.2, 0.25) is 5.88 Å². The van der Waals surface area contributed by atoms with Crippen LogP contribution in [0, 0.1) is 0 Å². The smallest absolute Gasteiger partial charge is 0.237 e. The highest BCUT2D eigenvalue weighted by Gasteiger charge is 2.22. The SMILES string of the molecule is CCc1nc(OC(CC)CC)c(CN)nc1-c1ccc(C(C)C)nc1N(CC)CC. The Morgan fingerprint density at radius 1 is 0.933 bits per heavy atom. The Morgan fingerprint density at radius 2 is 1.60 bits per heavy atom. The van der Waals surface area contributed by atoms with Crippen LogP contribution >= 0.6 is 0 Å². The first kappa shape index (κ1) is 24.1. The summed E-state index contributed by atoms with van der Waals surface area (Å²) in [6.07, 6.45) is 2.74. The summed E-state index contributed by atoms with van der Waals surface area (Å²) in [5.74, 6) is 1.90. The van der Waals surface area contributed by atoms with Gasteiger partial charge in [-0.25, -0.2) is 15.0 Å². The van der Waals surface area contributed by atoms with E-state index in [0.717, 1.165) is 60.8 Å². The standard InChI is InChI=1S/C24H39N5O/c1-8-17(9-2)30-24-21(15-25)26-22(19(10-3)28-24)18-13-14-20(16(6)7)27-23(18)29(11-4)12-5/h13-14,16-17H,8-12,15,25H2,1-7H3. The van der Waals surface area contributed by atoms with E-state index in [-0.39, 0.29) is 12.6 Å². The predicted octanol–water partition coefficient (Wildman–Crippen LogP) is 5.10. The van der Waals surface area contributed by atoms with Crippen LogP contribution in [0.25, 0.3) is 11.3 Å². The van der Waals surface area contributed by atoms with Gasteiger partial charge in [-0.1, -0.05) is 34.6 Å². The molecule has 2 aromatic heterocycles. The van der Waals surface area contributed by atoms with E-state index in [2.05, 4.69) is 65.5 Å². The fourth-order valence-corrected chi connectivity index (χ4v) is 3.52. The zero-order valence-corrected chi connectivity index (χ0v) is 19.8. The van der Waals surface area contributed by atoms with Crippen LogP contribution in [-0.2, 0) is 13.0 Å². The van der Waals surface area contributed by atoms with Crippen molar-refractivity contribution in [1.29, 1.82) is 0 Å². The Labute approximate surface area is 182 Å². The molecule has 0 saturated heterocycles. The van der Waals surface area contributed by atoms with Gasteiger partial charge in [0.15, 0.2) is 0 Å². The largest absolute Gasteiger partial charge is 0.473 e. The van der Waals surface area contributed by atoms with Gasteiger partial charge in [0.25, 0.3) is 0 Å². The van der Waals surface area contributed by atoms with Crippen LogP contribution < -0.4 is 15.4 Å². The molecule has 0 aliphatic rings. The molecule has 0 unspecified atom stereocenters. The molecule has 0 spiro atoms. The molecular weight excluding hydrogens is 374 g/mol. The summed E-state index contributed by atoms with van der Waals surface area (Å²) in [5, 5.41) is 0. The molecule has 0 aliphatic heterocycles. The second-order valence-electron chi connectivity index (χ2n) is 7.82. The van der Waals surface area contributed by atoms with Crippen LogP contribution in [0.5, 0.6) is 5.88 Å². The lowest BCUT2D eigenvalue weighted by molar-refractivity contribution is 0.181. The number of pyridine rings is 1. The third-order valence-corrected chi connectivity index (χ3v) is 5.53. The second kappa shape index (κ2) is 11.3. The summed E-state index contributed by atoms with van der Waals surface area (Å²) in [6, 6.07) is 4.24. The van der Waals surface area contributed by atoms with E-state index in [1.807, 2.05) is 0 Å². The third-order valence-electron chi connectivity index (χ3n) is 5.53. The maximum Gasteiger partial charge on any atom is 0.237 e. The Hall–Kier alpha value is -2.21. The van der Waals surface area contributed by atoms with Crippen molar-refractivity contribution in [2.24, 2.45) is 5.73 Å². The maximum absolute atomic E-state index is 6.16. The minimum absolute atomic E-state index is 0.124. The molecule has 0 aromatic carbocycles. The summed E-state index contributed by atoms with van der Waals surface area (Å²) in [5.41, 5.74) is 10.6. The van der Waals surface area contributed by atoms with Gasteiger partial charge in [-0.15, -0.1) is 0 Å². The minimum Gasteiger partial charge on any atom is -0.473 e. The average molecular weight is 414 g/mol. The number of hydrogen-bond acceptors (Lipinski definition) is 6. The van der Waals surface area contributed by atoms with E-state index in [0.29, 0.717) is 17.5 Å². The highest BCUT2D eigenvalue weighted by atomic mass is 16.5. The molecule has 0 saturated carbocycles. The first-order valence-electron chi connectivity index (χ1n) is 11.5. The molecule has 6 nitrogen and oxygen atoms in total. The molecule has 2 N–H and O–H groups in total. The van der Waals surface area contributed by atoms with Crippen molar-refractivity contribution in [3.8, 4) is 17.1 Å². The molecule has 0 fully saturated rings. The number of anilines is 1. The van der Waals surface area contributed by atoms with Crippen molar-refractivity contribution < 1.29 is 4.74 Å². The van der Waals surface area contributed by atoms with Crippen LogP contribution in [0.1, 0.15) is 84.3 Å². The summed E-state index contributed by atoms with van der Waals surface area (Å²) in [7, 11) is 0. The Bertz CT molecular complexity index is 813. The average Bonchev–Trinajstić information content (AvgIpc) is 2.77. The van der Waals surface area contributed by atoms with Gasteiger partial charge in [-0.2, -0.15) is 0 Å². The molecule has 2 heterocycles. The fraction of sp³-hybridized carbons (Fsp3) is 0.625. The number of aromatic nitrogens is 3. The van der Waals surface area contributed by atoms with E-state index in [4.69, 9.17) is 25.4 Å². The van der Waals surface area contributed by atoms with Crippen LogP contribution in [0.2, 0.25) is 0 Å². The summed E-state index contributed by atoms with van der Waals surface area (Å²) < 4.78 is 6.16. The van der Waals surface area contributed by atoms with Crippen LogP contribution in [0.15, 0.2) is 12.1 Å². The quantitative estimate of drug-likeness (QED) is 0.552. The maximum atomic E-state index is 6.16. The zero-order valence-electron chi connectivity index (χ0n) is 19.8. The molecule has 6 heteroatoms. The van der Waals surface area contributed by atoms with Crippen molar-refractivity contribution in [1.82, 2.24) is 15.0 Å². The number of ether oxygens (including phenoxy) is 1. The van der Waals surface area contributed by atoms with E-state index < -0.39 is 0 Å². The van der Waals surface area contributed by atoms with Crippen LogP contribution in [-0.4, -0.2) is 34.1 Å². The summed E-state index contributed by atoms with van der Waals surface area (Å²) in [6.45, 7) is 17.0. The zero-order chi connectivity index (χ0) is 22.3. The lowest BCUT2D eigenvalue weighted by Crippen LogP contribution is -2.25. The van der Waals surface area contributed by atoms with Crippen LogP contribution in [0.4, 0.5) is 5.82 Å². The van der Waals surface area contributed by atoms with Crippen molar-refractivity contribution >= 4 is 5.82 Å². The Balaban J connectivity index is 2.67. The number of rotatable bonds is 11. The molecule has 0 aliphatic carbocycles. The van der Waals surface area contributed by atoms with Crippen molar-refractivity contribution in [2.75, 3.05) is 18.0 Å². The highest BCUT2D eigenvalue weighted by Crippen LogP contribution is 2.33. The Morgan fingerprint density at radius 3 is 2.10 bits per heavy atom. The van der Waals surface area contributed by atoms with Crippen molar-refractivity contribution in [3.63, 3.8) is 0 Å². The van der Waals surface area contributed by atoms with Crippen molar-refractivity contribution in [2.45, 2.75) is 86.3 Å². The van der Waals surface area contributed by atoms with E-state index in [9.17, 15) is 0 Å². The monoisotopic (exact) mass is 413 g/mol. The van der Waals surface area contributed by atoms with Crippen LogP contribution in [0.3, 0.4) is 0 Å². The van der Waals surface area contributed by atoms with Gasteiger partial charge in [0, 0.05) is 30.9 Å². The molecule has 0 bridgehead atoms. The summed E-state index contributed by atoms with van der Waals surface area (Å²) in [4.78, 5) is 17.1.